The van der Waals surface area contributed by atoms with Crippen molar-refractivity contribution in [3.63, 3.8) is 0 Å². The van der Waals surface area contributed by atoms with E-state index in [2.05, 4.69) is 0 Å². The fourth-order valence-electron chi connectivity index (χ4n) is 3.27. The summed E-state index contributed by atoms with van der Waals surface area (Å²) in [6, 6.07) is 8.28. The maximum Gasteiger partial charge on any atom is 0.327 e. The normalized spacial score (nSPS) is 22.1. The number of hydrogen-bond donors (Lipinski definition) is 0. The monoisotopic (exact) mass is 379 g/mol. The first-order valence-electron chi connectivity index (χ1n) is 8.36. The number of carbonyl (C=O) groups is 3. The molecule has 0 unspecified atom stereocenters. The quantitative estimate of drug-likeness (QED) is 0.676. The third kappa shape index (κ3) is 3.87. The highest BCUT2D eigenvalue weighted by Gasteiger charge is 2.39. The number of imide groups is 1. The van der Waals surface area contributed by atoms with Gasteiger partial charge in [-0.15, -0.1) is 0 Å². The molecule has 0 aliphatic carbocycles. The van der Waals surface area contributed by atoms with Gasteiger partial charge < -0.3 is 9.80 Å². The standard InChI is InChI=1S/C17H21N3O5S/c1-18-10-15(21)20(17(18)23)11-16(22)19(9-13-5-3-2-4-6-13)14-7-8-26(24,25)12-14/h2-6,14H,7-12H2,1H3/t14-/m1/s1. The van der Waals surface area contributed by atoms with E-state index in [-0.39, 0.29) is 31.1 Å². The van der Waals surface area contributed by atoms with Gasteiger partial charge in [-0.05, 0) is 12.0 Å². The second-order valence-electron chi connectivity index (χ2n) is 6.68. The molecule has 26 heavy (non-hydrogen) atoms. The highest BCUT2D eigenvalue weighted by atomic mass is 32.2. The topological polar surface area (TPSA) is 95.1 Å². The second kappa shape index (κ2) is 7.06. The average molecular weight is 379 g/mol. The molecule has 2 aliphatic heterocycles. The summed E-state index contributed by atoms with van der Waals surface area (Å²) in [6.45, 7) is -0.181. The Labute approximate surface area is 152 Å². The van der Waals surface area contributed by atoms with Crippen molar-refractivity contribution < 1.29 is 22.8 Å². The van der Waals surface area contributed by atoms with Crippen LogP contribution in [0.2, 0.25) is 0 Å². The summed E-state index contributed by atoms with van der Waals surface area (Å²) >= 11 is 0. The van der Waals surface area contributed by atoms with Crippen LogP contribution in [0.3, 0.4) is 0 Å². The number of hydrogen-bond acceptors (Lipinski definition) is 5. The molecule has 1 aromatic carbocycles. The summed E-state index contributed by atoms with van der Waals surface area (Å²) in [4.78, 5) is 40.5. The molecule has 2 saturated heterocycles. The average Bonchev–Trinajstić information content (AvgIpc) is 3.07. The Morgan fingerprint density at radius 1 is 1.23 bits per heavy atom. The minimum atomic E-state index is -3.17. The number of nitrogens with zero attached hydrogens (tertiary/aromatic N) is 3. The third-order valence-electron chi connectivity index (χ3n) is 4.69. The van der Waals surface area contributed by atoms with Crippen molar-refractivity contribution in [1.82, 2.24) is 14.7 Å². The summed E-state index contributed by atoms with van der Waals surface area (Å²) in [5.74, 6) is -0.897. The number of sulfone groups is 1. The van der Waals surface area contributed by atoms with Gasteiger partial charge in [0.05, 0.1) is 11.5 Å². The van der Waals surface area contributed by atoms with Crippen LogP contribution >= 0.6 is 0 Å². The molecule has 2 heterocycles. The Kier molecular flexibility index (Phi) is 4.99. The number of carbonyl (C=O) groups excluding carboxylic acids is 3. The molecule has 1 atom stereocenters. The molecule has 2 aliphatic rings. The summed E-state index contributed by atoms with van der Waals surface area (Å²) in [6.07, 6.45) is 0.364. The zero-order valence-electron chi connectivity index (χ0n) is 14.5. The van der Waals surface area contributed by atoms with E-state index in [1.807, 2.05) is 30.3 Å². The van der Waals surface area contributed by atoms with Crippen LogP contribution in [0.5, 0.6) is 0 Å². The third-order valence-corrected chi connectivity index (χ3v) is 6.44. The van der Waals surface area contributed by atoms with Crippen molar-refractivity contribution in [3.05, 3.63) is 35.9 Å². The summed E-state index contributed by atoms with van der Waals surface area (Å²) in [5, 5.41) is 0. The summed E-state index contributed by atoms with van der Waals surface area (Å²) < 4.78 is 23.7. The van der Waals surface area contributed by atoms with Crippen molar-refractivity contribution in [1.29, 1.82) is 0 Å². The molecule has 2 fully saturated rings. The molecule has 140 valence electrons. The van der Waals surface area contributed by atoms with Gasteiger partial charge in [0.2, 0.25) is 5.91 Å². The largest absolute Gasteiger partial charge is 0.333 e. The lowest BCUT2D eigenvalue weighted by Crippen LogP contribution is -2.47. The van der Waals surface area contributed by atoms with Crippen LogP contribution in [0.4, 0.5) is 4.79 Å². The number of benzene rings is 1. The minimum Gasteiger partial charge on any atom is -0.333 e. The number of amides is 4. The van der Waals surface area contributed by atoms with Crippen LogP contribution in [0, 0.1) is 0 Å². The Bertz CT molecular complexity index is 824. The molecule has 3 rings (SSSR count). The molecular formula is C17H21N3O5S. The molecule has 0 aromatic heterocycles. The fourth-order valence-corrected chi connectivity index (χ4v) is 5.00. The first kappa shape index (κ1) is 18.4. The minimum absolute atomic E-state index is 0.0422. The number of likely N-dealkylation sites (N-methyl/N-ethyl adjacent to an activating group) is 1. The van der Waals surface area contributed by atoms with Gasteiger partial charge in [0.15, 0.2) is 9.84 Å². The fraction of sp³-hybridized carbons (Fsp3) is 0.471. The maximum absolute atomic E-state index is 12.9. The van der Waals surface area contributed by atoms with Crippen molar-refractivity contribution >= 4 is 27.7 Å². The lowest BCUT2D eigenvalue weighted by atomic mass is 10.1. The van der Waals surface area contributed by atoms with Gasteiger partial charge in [0, 0.05) is 19.6 Å². The summed E-state index contributed by atoms with van der Waals surface area (Å²) in [5.41, 5.74) is 0.862. The molecule has 4 amide bonds. The Hall–Kier alpha value is -2.42. The molecule has 0 N–H and O–H groups in total. The van der Waals surface area contributed by atoms with Crippen LogP contribution in [0.1, 0.15) is 12.0 Å². The van der Waals surface area contributed by atoms with Crippen LogP contribution in [0.25, 0.3) is 0 Å². The van der Waals surface area contributed by atoms with Crippen LogP contribution in [0.15, 0.2) is 30.3 Å². The van der Waals surface area contributed by atoms with E-state index in [0.717, 1.165) is 10.5 Å². The van der Waals surface area contributed by atoms with E-state index in [1.54, 1.807) is 0 Å². The van der Waals surface area contributed by atoms with E-state index in [1.165, 1.54) is 16.8 Å². The zero-order chi connectivity index (χ0) is 18.9. The summed E-state index contributed by atoms with van der Waals surface area (Å²) in [7, 11) is -1.68. The van der Waals surface area contributed by atoms with Crippen molar-refractivity contribution in [2.24, 2.45) is 0 Å². The van der Waals surface area contributed by atoms with Gasteiger partial charge in [0.25, 0.3) is 5.91 Å². The van der Waals surface area contributed by atoms with Crippen molar-refractivity contribution in [2.45, 2.75) is 19.0 Å². The molecule has 1 aromatic rings. The van der Waals surface area contributed by atoms with Crippen LogP contribution < -0.4 is 0 Å². The predicted octanol–water partition coefficient (Wildman–Crippen LogP) is 0.0963. The number of urea groups is 1. The highest BCUT2D eigenvalue weighted by molar-refractivity contribution is 7.91. The predicted molar refractivity (Wildman–Crippen MR) is 93.8 cm³/mol. The lowest BCUT2D eigenvalue weighted by Gasteiger charge is -2.29. The maximum atomic E-state index is 12.9. The second-order valence-corrected chi connectivity index (χ2v) is 8.91. The molecule has 8 nitrogen and oxygen atoms in total. The van der Waals surface area contributed by atoms with E-state index < -0.39 is 33.7 Å². The van der Waals surface area contributed by atoms with Gasteiger partial charge >= 0.3 is 6.03 Å². The molecule has 0 saturated carbocycles. The zero-order valence-corrected chi connectivity index (χ0v) is 15.3. The van der Waals surface area contributed by atoms with E-state index >= 15 is 0 Å². The number of rotatable bonds is 5. The molecule has 0 radical (unpaired) electrons. The first-order valence-corrected chi connectivity index (χ1v) is 10.2. The van der Waals surface area contributed by atoms with E-state index in [0.29, 0.717) is 6.42 Å². The first-order chi connectivity index (χ1) is 12.3. The van der Waals surface area contributed by atoms with Crippen LogP contribution in [-0.2, 0) is 26.0 Å². The lowest BCUT2D eigenvalue weighted by molar-refractivity contribution is -0.138. The van der Waals surface area contributed by atoms with Gasteiger partial charge in [-0.1, -0.05) is 30.3 Å². The Morgan fingerprint density at radius 2 is 1.92 bits per heavy atom. The Balaban J connectivity index is 1.79. The van der Waals surface area contributed by atoms with E-state index in [9.17, 15) is 22.8 Å². The SMILES string of the molecule is CN1CC(=O)N(CC(=O)N(Cc2ccccc2)[C@@H]2CCS(=O)(=O)C2)C1=O. The molecule has 0 spiro atoms. The van der Waals surface area contributed by atoms with Gasteiger partial charge in [-0.2, -0.15) is 0 Å². The van der Waals surface area contributed by atoms with Crippen molar-refractivity contribution in [3.8, 4) is 0 Å². The van der Waals surface area contributed by atoms with Gasteiger partial charge in [0.1, 0.15) is 13.1 Å². The van der Waals surface area contributed by atoms with Crippen LogP contribution in [-0.4, -0.2) is 78.6 Å². The molecular weight excluding hydrogens is 358 g/mol. The van der Waals surface area contributed by atoms with Gasteiger partial charge in [-0.25, -0.2) is 13.2 Å². The van der Waals surface area contributed by atoms with E-state index in [4.69, 9.17) is 0 Å². The molecule has 9 heteroatoms. The Morgan fingerprint density at radius 3 is 2.46 bits per heavy atom. The molecule has 0 bridgehead atoms. The smallest absolute Gasteiger partial charge is 0.327 e. The van der Waals surface area contributed by atoms with Gasteiger partial charge in [-0.3, -0.25) is 14.5 Å². The van der Waals surface area contributed by atoms with Crippen molar-refractivity contribution in [2.75, 3.05) is 31.6 Å². The highest BCUT2D eigenvalue weighted by Crippen LogP contribution is 2.21.